The van der Waals surface area contributed by atoms with Crippen molar-refractivity contribution in [1.29, 1.82) is 0 Å². The molecule has 1 saturated carbocycles. The fourth-order valence-corrected chi connectivity index (χ4v) is 3.45. The van der Waals surface area contributed by atoms with E-state index in [-0.39, 0.29) is 12.3 Å². The lowest BCUT2D eigenvalue weighted by Gasteiger charge is -2.08. The molecule has 24 heavy (non-hydrogen) atoms. The molecule has 0 saturated heterocycles. The van der Waals surface area contributed by atoms with Crippen molar-refractivity contribution >= 4 is 23.4 Å². The monoisotopic (exact) mass is 341 g/mol. The number of hydrogen-bond acceptors (Lipinski definition) is 4. The van der Waals surface area contributed by atoms with Gasteiger partial charge in [-0.2, -0.15) is 0 Å². The lowest BCUT2D eigenvalue weighted by atomic mass is 10.0. The second-order valence-corrected chi connectivity index (χ2v) is 7.17. The summed E-state index contributed by atoms with van der Waals surface area (Å²) in [6.45, 7) is 2.15. The molecular weight excluding hydrogens is 322 g/mol. The van der Waals surface area contributed by atoms with E-state index in [1.54, 1.807) is 0 Å². The van der Waals surface area contributed by atoms with Gasteiger partial charge < -0.3 is 9.94 Å². The van der Waals surface area contributed by atoms with E-state index in [0.29, 0.717) is 5.56 Å². The van der Waals surface area contributed by atoms with Crippen LogP contribution in [0.3, 0.4) is 0 Å². The SMILES string of the molecule is Cc1cc(SC2CC2)ccc1/C(=N\OCc1ccccc1)C(=O)O. The highest BCUT2D eigenvalue weighted by molar-refractivity contribution is 8.00. The van der Waals surface area contributed by atoms with Gasteiger partial charge in [-0.1, -0.05) is 41.6 Å². The summed E-state index contributed by atoms with van der Waals surface area (Å²) >= 11 is 1.85. The number of carbonyl (C=O) groups is 1. The molecule has 0 spiro atoms. The van der Waals surface area contributed by atoms with Gasteiger partial charge in [-0.3, -0.25) is 0 Å². The molecule has 0 atom stereocenters. The number of rotatable bonds is 7. The van der Waals surface area contributed by atoms with Gasteiger partial charge in [-0.25, -0.2) is 4.79 Å². The number of carboxylic acid groups (broad SMARTS) is 1. The highest BCUT2D eigenvalue weighted by atomic mass is 32.2. The molecule has 5 heteroatoms. The minimum absolute atomic E-state index is 0.0635. The maximum atomic E-state index is 11.6. The van der Waals surface area contributed by atoms with Crippen LogP contribution in [0.25, 0.3) is 0 Å². The molecule has 0 bridgehead atoms. The van der Waals surface area contributed by atoms with Crippen LogP contribution in [0.1, 0.15) is 29.5 Å². The molecule has 2 aromatic rings. The maximum absolute atomic E-state index is 11.6. The van der Waals surface area contributed by atoms with Gasteiger partial charge in [-0.05, 0) is 43.0 Å². The summed E-state index contributed by atoms with van der Waals surface area (Å²) in [6.07, 6.45) is 2.53. The summed E-state index contributed by atoms with van der Waals surface area (Å²) in [7, 11) is 0. The summed E-state index contributed by atoms with van der Waals surface area (Å²) in [5.41, 5.74) is 2.37. The Balaban J connectivity index is 1.74. The third-order valence-corrected chi connectivity index (χ3v) is 5.04. The topological polar surface area (TPSA) is 58.9 Å². The quantitative estimate of drug-likeness (QED) is 0.604. The van der Waals surface area contributed by atoms with Crippen molar-refractivity contribution in [3.05, 3.63) is 65.2 Å². The lowest BCUT2D eigenvalue weighted by Crippen LogP contribution is -2.16. The van der Waals surface area contributed by atoms with Gasteiger partial charge in [0.25, 0.3) is 0 Å². The Labute approximate surface area is 145 Å². The maximum Gasteiger partial charge on any atom is 0.358 e. The van der Waals surface area contributed by atoms with Gasteiger partial charge in [0.1, 0.15) is 6.61 Å². The van der Waals surface area contributed by atoms with Crippen LogP contribution >= 0.6 is 11.8 Å². The fraction of sp³-hybridized carbons (Fsp3) is 0.263. The molecule has 0 radical (unpaired) electrons. The van der Waals surface area contributed by atoms with Crippen LogP contribution in [0.5, 0.6) is 0 Å². The van der Waals surface area contributed by atoms with Crippen molar-refractivity contribution < 1.29 is 14.7 Å². The van der Waals surface area contributed by atoms with E-state index in [1.807, 2.05) is 67.2 Å². The molecule has 1 N–H and O–H groups in total. The first-order chi connectivity index (χ1) is 11.6. The van der Waals surface area contributed by atoms with Crippen molar-refractivity contribution in [1.82, 2.24) is 0 Å². The second kappa shape index (κ2) is 7.53. The summed E-state index contributed by atoms with van der Waals surface area (Å²) in [5, 5.41) is 14.0. The fourth-order valence-electron chi connectivity index (χ4n) is 2.30. The lowest BCUT2D eigenvalue weighted by molar-refractivity contribution is -0.129. The van der Waals surface area contributed by atoms with Crippen molar-refractivity contribution in [3.63, 3.8) is 0 Å². The Morgan fingerprint density at radius 2 is 2.00 bits per heavy atom. The van der Waals surface area contributed by atoms with Crippen molar-refractivity contribution in [2.75, 3.05) is 0 Å². The largest absolute Gasteiger partial charge is 0.476 e. The zero-order valence-corrected chi connectivity index (χ0v) is 14.3. The van der Waals surface area contributed by atoms with E-state index < -0.39 is 5.97 Å². The minimum Gasteiger partial charge on any atom is -0.476 e. The van der Waals surface area contributed by atoms with E-state index in [2.05, 4.69) is 5.16 Å². The molecule has 2 aromatic carbocycles. The Bertz CT molecular complexity index is 754. The van der Waals surface area contributed by atoms with Gasteiger partial charge in [0, 0.05) is 15.7 Å². The van der Waals surface area contributed by atoms with E-state index >= 15 is 0 Å². The van der Waals surface area contributed by atoms with Crippen LogP contribution in [0.2, 0.25) is 0 Å². The summed E-state index contributed by atoms with van der Waals surface area (Å²) < 4.78 is 0. The minimum atomic E-state index is -1.09. The van der Waals surface area contributed by atoms with Gasteiger partial charge in [0.15, 0.2) is 5.71 Å². The highest BCUT2D eigenvalue weighted by Gasteiger charge is 2.23. The number of hydrogen-bond donors (Lipinski definition) is 1. The third-order valence-electron chi connectivity index (χ3n) is 3.71. The van der Waals surface area contributed by atoms with Gasteiger partial charge >= 0.3 is 5.97 Å². The van der Waals surface area contributed by atoms with Crippen LogP contribution in [-0.2, 0) is 16.2 Å². The average Bonchev–Trinajstić information content (AvgIpc) is 3.37. The predicted molar refractivity (Wildman–Crippen MR) is 95.5 cm³/mol. The standard InChI is InChI=1S/C19H19NO3S/c1-13-11-16(24-15-7-8-15)9-10-17(13)18(19(21)22)20-23-12-14-5-3-2-4-6-14/h2-6,9-11,15H,7-8,12H2,1H3,(H,21,22)/b20-18+. The number of aliphatic carboxylic acids is 1. The van der Waals surface area contributed by atoms with Crippen LogP contribution in [0.4, 0.5) is 0 Å². The van der Waals surface area contributed by atoms with E-state index in [0.717, 1.165) is 16.4 Å². The molecular formula is C19H19NO3S. The molecule has 0 aromatic heterocycles. The van der Waals surface area contributed by atoms with Crippen molar-refractivity contribution in [3.8, 4) is 0 Å². The van der Waals surface area contributed by atoms with Crippen molar-refractivity contribution in [2.45, 2.75) is 36.5 Å². The van der Waals surface area contributed by atoms with Gasteiger partial charge in [0.2, 0.25) is 0 Å². The van der Waals surface area contributed by atoms with Gasteiger partial charge in [0.05, 0.1) is 0 Å². The Kier molecular flexibility index (Phi) is 5.20. The second-order valence-electron chi connectivity index (χ2n) is 5.80. The van der Waals surface area contributed by atoms with E-state index in [4.69, 9.17) is 4.84 Å². The van der Waals surface area contributed by atoms with Gasteiger partial charge in [-0.15, -0.1) is 11.8 Å². The number of nitrogens with zero attached hydrogens (tertiary/aromatic N) is 1. The first kappa shape index (κ1) is 16.6. The number of thioether (sulfide) groups is 1. The Hall–Kier alpha value is -2.27. The molecule has 0 unspecified atom stereocenters. The predicted octanol–water partition coefficient (Wildman–Crippen LogP) is 4.26. The molecule has 0 aliphatic heterocycles. The summed E-state index contributed by atoms with van der Waals surface area (Å²) in [5.74, 6) is -1.09. The summed E-state index contributed by atoms with van der Waals surface area (Å²) in [4.78, 5) is 18.0. The molecule has 1 aliphatic rings. The molecule has 124 valence electrons. The van der Waals surface area contributed by atoms with E-state index in [9.17, 15) is 9.90 Å². The highest BCUT2D eigenvalue weighted by Crippen LogP contribution is 2.39. The number of oxime groups is 1. The first-order valence-corrected chi connectivity index (χ1v) is 8.76. The smallest absolute Gasteiger partial charge is 0.358 e. The number of aryl methyl sites for hydroxylation is 1. The average molecular weight is 341 g/mol. The van der Waals surface area contributed by atoms with Crippen LogP contribution in [-0.4, -0.2) is 22.0 Å². The number of carboxylic acids is 1. The molecule has 3 rings (SSSR count). The molecule has 0 amide bonds. The molecule has 0 heterocycles. The zero-order chi connectivity index (χ0) is 16.9. The Morgan fingerprint density at radius 3 is 2.62 bits per heavy atom. The van der Waals surface area contributed by atoms with Crippen molar-refractivity contribution in [2.24, 2.45) is 5.16 Å². The third kappa shape index (κ3) is 4.38. The number of benzene rings is 2. The summed E-state index contributed by atoms with van der Waals surface area (Å²) in [6, 6.07) is 15.3. The Morgan fingerprint density at radius 1 is 1.25 bits per heavy atom. The van der Waals surface area contributed by atoms with Crippen LogP contribution in [0.15, 0.2) is 58.6 Å². The van der Waals surface area contributed by atoms with Crippen LogP contribution < -0.4 is 0 Å². The van der Waals surface area contributed by atoms with E-state index in [1.165, 1.54) is 17.7 Å². The van der Waals surface area contributed by atoms with Crippen LogP contribution in [0, 0.1) is 6.92 Å². The normalized spacial score (nSPS) is 14.5. The molecule has 1 fully saturated rings. The zero-order valence-electron chi connectivity index (χ0n) is 13.4. The molecule has 1 aliphatic carbocycles. The molecule has 4 nitrogen and oxygen atoms in total. The first-order valence-electron chi connectivity index (χ1n) is 7.88.